The second-order valence-corrected chi connectivity index (χ2v) is 5.11. The molecule has 0 aliphatic carbocycles. The minimum absolute atomic E-state index is 0.596. The molecule has 0 saturated carbocycles. The first-order valence-corrected chi connectivity index (χ1v) is 7.02. The molecule has 0 spiro atoms. The second kappa shape index (κ2) is 5.04. The molecule has 0 atom stereocenters. The average molecular weight is 287 g/mol. The van der Waals surface area contributed by atoms with Gasteiger partial charge < -0.3 is 0 Å². The van der Waals surface area contributed by atoms with Gasteiger partial charge in [-0.2, -0.15) is 0 Å². The Kier molecular flexibility index (Phi) is 2.89. The molecular weight excluding hydrogens is 274 g/mol. The van der Waals surface area contributed by atoms with Gasteiger partial charge in [0.1, 0.15) is 0 Å². The number of para-hydroxylation sites is 1. The second-order valence-electron chi connectivity index (χ2n) is 5.11. The highest BCUT2D eigenvalue weighted by atomic mass is 15.6. The highest BCUT2D eigenvalue weighted by Crippen LogP contribution is 2.24. The number of tetrazole rings is 1. The van der Waals surface area contributed by atoms with Crippen molar-refractivity contribution in [2.24, 2.45) is 0 Å². The average Bonchev–Trinajstić information content (AvgIpc) is 3.05. The summed E-state index contributed by atoms with van der Waals surface area (Å²) in [5, 5.41) is 13.9. The van der Waals surface area contributed by atoms with Crippen LogP contribution in [0.1, 0.15) is 5.56 Å². The fraction of sp³-hybridized carbons (Fsp3) is 0.0588. The zero-order valence-electron chi connectivity index (χ0n) is 12.0. The maximum Gasteiger partial charge on any atom is 0.206 e. The molecule has 0 fully saturated rings. The summed E-state index contributed by atoms with van der Waals surface area (Å²) in [5.41, 5.74) is 3.95. The molecule has 2 aromatic heterocycles. The van der Waals surface area contributed by atoms with Crippen LogP contribution in [0.5, 0.6) is 0 Å². The van der Waals surface area contributed by atoms with Gasteiger partial charge in [-0.1, -0.05) is 35.9 Å². The van der Waals surface area contributed by atoms with Gasteiger partial charge in [-0.15, -0.1) is 15.0 Å². The van der Waals surface area contributed by atoms with Crippen molar-refractivity contribution in [3.8, 4) is 17.1 Å². The van der Waals surface area contributed by atoms with Crippen LogP contribution in [0.15, 0.2) is 60.8 Å². The molecular formula is C17H13N5. The molecule has 0 radical (unpaired) electrons. The fourth-order valence-electron chi connectivity index (χ4n) is 2.40. The van der Waals surface area contributed by atoms with Crippen LogP contribution in [-0.2, 0) is 0 Å². The van der Waals surface area contributed by atoms with Gasteiger partial charge in [0.15, 0.2) is 0 Å². The maximum absolute atomic E-state index is 4.50. The third-order valence-corrected chi connectivity index (χ3v) is 3.57. The van der Waals surface area contributed by atoms with E-state index >= 15 is 0 Å². The molecule has 2 heterocycles. The summed E-state index contributed by atoms with van der Waals surface area (Å²) in [4.78, 5) is 5.90. The monoisotopic (exact) mass is 287 g/mol. The van der Waals surface area contributed by atoms with Crippen LogP contribution in [0.2, 0.25) is 0 Å². The van der Waals surface area contributed by atoms with E-state index in [1.54, 1.807) is 11.0 Å². The number of aryl methyl sites for hydroxylation is 1. The van der Waals surface area contributed by atoms with Crippen molar-refractivity contribution in [3.63, 3.8) is 0 Å². The largest absolute Gasteiger partial charge is 0.256 e. The SMILES string of the molecule is Cc1ccc(-n2nnc(-c3ccnc4ccccc34)n2)cc1. The summed E-state index contributed by atoms with van der Waals surface area (Å²) in [6.07, 6.45) is 1.77. The normalized spacial score (nSPS) is 11.0. The Bertz CT molecular complexity index is 935. The summed E-state index contributed by atoms with van der Waals surface area (Å²) in [5.74, 6) is 0.596. The number of benzene rings is 2. The van der Waals surface area contributed by atoms with Gasteiger partial charge in [-0.25, -0.2) is 0 Å². The van der Waals surface area contributed by atoms with Crippen molar-refractivity contribution in [2.75, 3.05) is 0 Å². The molecule has 5 nitrogen and oxygen atoms in total. The lowest BCUT2D eigenvalue weighted by Crippen LogP contribution is -1.98. The smallest absolute Gasteiger partial charge is 0.206 e. The van der Waals surface area contributed by atoms with E-state index in [1.165, 1.54) is 5.56 Å². The van der Waals surface area contributed by atoms with E-state index in [0.717, 1.165) is 22.2 Å². The molecule has 4 aromatic rings. The van der Waals surface area contributed by atoms with E-state index in [9.17, 15) is 0 Å². The maximum atomic E-state index is 4.50. The Morgan fingerprint density at radius 3 is 2.59 bits per heavy atom. The van der Waals surface area contributed by atoms with Crippen LogP contribution in [0.25, 0.3) is 28.0 Å². The number of aromatic nitrogens is 5. The summed E-state index contributed by atoms with van der Waals surface area (Å²) >= 11 is 0. The predicted octanol–water partition coefficient (Wildman–Crippen LogP) is 3.19. The summed E-state index contributed by atoms with van der Waals surface area (Å²) < 4.78 is 0. The van der Waals surface area contributed by atoms with Crippen molar-refractivity contribution >= 4 is 10.9 Å². The van der Waals surface area contributed by atoms with Crippen LogP contribution < -0.4 is 0 Å². The van der Waals surface area contributed by atoms with Crippen molar-refractivity contribution < 1.29 is 0 Å². The topological polar surface area (TPSA) is 56.5 Å². The van der Waals surface area contributed by atoms with E-state index in [4.69, 9.17) is 0 Å². The Hall–Kier alpha value is -3.08. The standard InChI is InChI=1S/C17H13N5/c1-12-6-8-13(9-7-12)22-20-17(19-21-22)15-10-11-18-16-5-3-2-4-14(15)16/h2-11H,1H3. The van der Waals surface area contributed by atoms with Gasteiger partial charge in [-0.3, -0.25) is 4.98 Å². The van der Waals surface area contributed by atoms with Gasteiger partial charge >= 0.3 is 0 Å². The van der Waals surface area contributed by atoms with E-state index in [1.807, 2.05) is 61.5 Å². The number of nitrogens with zero attached hydrogens (tertiary/aromatic N) is 5. The lowest BCUT2D eigenvalue weighted by atomic mass is 10.1. The molecule has 0 unspecified atom stereocenters. The van der Waals surface area contributed by atoms with E-state index in [0.29, 0.717) is 5.82 Å². The minimum Gasteiger partial charge on any atom is -0.256 e. The zero-order valence-corrected chi connectivity index (χ0v) is 12.0. The summed E-state index contributed by atoms with van der Waals surface area (Å²) in [6.45, 7) is 2.05. The van der Waals surface area contributed by atoms with E-state index in [-0.39, 0.29) is 0 Å². The highest BCUT2D eigenvalue weighted by molar-refractivity contribution is 5.92. The third-order valence-electron chi connectivity index (χ3n) is 3.57. The first-order valence-electron chi connectivity index (χ1n) is 7.02. The summed E-state index contributed by atoms with van der Waals surface area (Å²) in [7, 11) is 0. The first-order chi connectivity index (χ1) is 10.8. The van der Waals surface area contributed by atoms with Crippen LogP contribution in [0, 0.1) is 6.92 Å². The Morgan fingerprint density at radius 1 is 0.909 bits per heavy atom. The molecule has 5 heteroatoms. The van der Waals surface area contributed by atoms with Crippen molar-refractivity contribution in [1.29, 1.82) is 0 Å². The van der Waals surface area contributed by atoms with Crippen LogP contribution in [0.4, 0.5) is 0 Å². The number of hydrogen-bond donors (Lipinski definition) is 0. The summed E-state index contributed by atoms with van der Waals surface area (Å²) in [6, 6.07) is 17.9. The van der Waals surface area contributed by atoms with Gasteiger partial charge in [0.2, 0.25) is 5.82 Å². The van der Waals surface area contributed by atoms with Crippen LogP contribution in [0.3, 0.4) is 0 Å². The van der Waals surface area contributed by atoms with Gasteiger partial charge in [-0.05, 0) is 36.4 Å². The quantitative estimate of drug-likeness (QED) is 0.568. The molecule has 0 N–H and O–H groups in total. The molecule has 0 aliphatic rings. The number of hydrogen-bond acceptors (Lipinski definition) is 4. The van der Waals surface area contributed by atoms with Crippen LogP contribution in [-0.4, -0.2) is 25.2 Å². The Morgan fingerprint density at radius 2 is 1.73 bits per heavy atom. The molecule has 4 rings (SSSR count). The molecule has 0 aliphatic heterocycles. The highest BCUT2D eigenvalue weighted by Gasteiger charge is 2.10. The third kappa shape index (κ3) is 2.13. The molecule has 22 heavy (non-hydrogen) atoms. The molecule has 0 bridgehead atoms. The molecule has 106 valence electrons. The minimum atomic E-state index is 0.596. The van der Waals surface area contributed by atoms with Gasteiger partial charge in [0.25, 0.3) is 0 Å². The lowest BCUT2D eigenvalue weighted by Gasteiger charge is -2.01. The van der Waals surface area contributed by atoms with Crippen LogP contribution >= 0.6 is 0 Å². The van der Waals surface area contributed by atoms with Gasteiger partial charge in [0.05, 0.1) is 11.2 Å². The van der Waals surface area contributed by atoms with Crippen molar-refractivity contribution in [1.82, 2.24) is 25.2 Å². The number of fused-ring (bicyclic) bond motifs is 1. The Labute approximate surface area is 127 Å². The number of rotatable bonds is 2. The van der Waals surface area contributed by atoms with Crippen molar-refractivity contribution in [2.45, 2.75) is 6.92 Å². The van der Waals surface area contributed by atoms with Crippen molar-refractivity contribution in [3.05, 3.63) is 66.4 Å². The van der Waals surface area contributed by atoms with Gasteiger partial charge in [0, 0.05) is 17.1 Å². The lowest BCUT2D eigenvalue weighted by molar-refractivity contribution is 0.720. The molecule has 0 amide bonds. The molecule has 0 saturated heterocycles. The number of pyridine rings is 1. The molecule has 2 aromatic carbocycles. The van der Waals surface area contributed by atoms with E-state index < -0.39 is 0 Å². The first kappa shape index (κ1) is 12.6. The Balaban J connectivity index is 1.82. The van der Waals surface area contributed by atoms with E-state index in [2.05, 4.69) is 20.4 Å². The zero-order chi connectivity index (χ0) is 14.9. The predicted molar refractivity (Wildman–Crippen MR) is 84.6 cm³/mol. The fourth-order valence-corrected chi connectivity index (χ4v) is 2.40.